The zero-order chi connectivity index (χ0) is 29.9. The summed E-state index contributed by atoms with van der Waals surface area (Å²) in [6.45, 7) is 13.5. The smallest absolute Gasteiger partial charge is 0.444 e. The summed E-state index contributed by atoms with van der Waals surface area (Å²) >= 11 is 6.15. The number of pyridine rings is 1. The number of aromatic nitrogens is 1. The van der Waals surface area contributed by atoms with E-state index in [9.17, 15) is 26.4 Å². The lowest BCUT2D eigenvalue weighted by molar-refractivity contribution is -0.0509. The van der Waals surface area contributed by atoms with E-state index < -0.39 is 32.9 Å². The molecular formula is C27H33ClF3N3O5S. The number of hydrogen-bond donors (Lipinski definition) is 0. The molecule has 1 aliphatic heterocycles. The predicted molar refractivity (Wildman–Crippen MR) is 146 cm³/mol. The molecule has 0 N–H and O–H groups in total. The maximum Gasteiger partial charge on any atom is 0.534 e. The summed E-state index contributed by atoms with van der Waals surface area (Å²) in [7, 11) is -5.94. The van der Waals surface area contributed by atoms with Gasteiger partial charge in [-0.3, -0.25) is 9.88 Å². The number of alkyl halides is 3. The van der Waals surface area contributed by atoms with E-state index in [0.717, 1.165) is 5.56 Å². The quantitative estimate of drug-likeness (QED) is 0.209. The summed E-state index contributed by atoms with van der Waals surface area (Å²) in [4.78, 5) is 20.8. The van der Waals surface area contributed by atoms with Crippen LogP contribution in [0.2, 0.25) is 5.02 Å². The van der Waals surface area contributed by atoms with Crippen LogP contribution >= 0.6 is 11.6 Å². The lowest BCUT2D eigenvalue weighted by Crippen LogP contribution is -2.50. The van der Waals surface area contributed by atoms with Gasteiger partial charge in [0.1, 0.15) is 11.4 Å². The van der Waals surface area contributed by atoms with E-state index in [0.29, 0.717) is 50.4 Å². The maximum absolute atomic E-state index is 13.0. The van der Waals surface area contributed by atoms with Crippen molar-refractivity contribution in [2.45, 2.75) is 51.1 Å². The number of amides is 1. The van der Waals surface area contributed by atoms with Crippen molar-refractivity contribution in [1.29, 1.82) is 0 Å². The number of hydrogen-bond acceptors (Lipinski definition) is 7. The number of carbonyl (C=O) groups is 1. The monoisotopic (exact) mass is 603 g/mol. The molecule has 3 rings (SSSR count). The van der Waals surface area contributed by atoms with Crippen LogP contribution < -0.4 is 0 Å². The topological polar surface area (TPSA) is 89.0 Å². The molecule has 0 saturated carbocycles. The Morgan fingerprint density at radius 2 is 1.80 bits per heavy atom. The van der Waals surface area contributed by atoms with E-state index in [4.69, 9.17) is 16.3 Å². The molecule has 1 atom stereocenters. The van der Waals surface area contributed by atoms with Crippen molar-refractivity contribution in [3.63, 3.8) is 0 Å². The summed E-state index contributed by atoms with van der Waals surface area (Å²) in [5.74, 6) is -1.15. The Balaban J connectivity index is 1.86. The third-order valence-electron chi connectivity index (χ3n) is 6.32. The van der Waals surface area contributed by atoms with E-state index >= 15 is 0 Å². The summed E-state index contributed by atoms with van der Waals surface area (Å²) in [5, 5.41) is 0.169. The van der Waals surface area contributed by atoms with Gasteiger partial charge in [-0.15, -0.1) is 0 Å². The fraction of sp³-hybridized carbons (Fsp3) is 0.481. The molecule has 1 aliphatic rings. The van der Waals surface area contributed by atoms with Crippen molar-refractivity contribution in [3.05, 3.63) is 70.5 Å². The first-order chi connectivity index (χ1) is 18.5. The number of nitrogens with zero attached hydrogens (tertiary/aromatic N) is 3. The maximum atomic E-state index is 13.0. The van der Waals surface area contributed by atoms with Crippen LogP contribution in [-0.4, -0.2) is 73.1 Å². The Kier molecular flexibility index (Phi) is 9.79. The molecule has 1 saturated heterocycles. The summed E-state index contributed by atoms with van der Waals surface area (Å²) < 4.78 is 72.3. The van der Waals surface area contributed by atoms with Gasteiger partial charge in [-0.2, -0.15) is 21.6 Å². The Hall–Kier alpha value is -2.83. The summed E-state index contributed by atoms with van der Waals surface area (Å²) in [5.41, 5.74) is -4.19. The average Bonchev–Trinajstić information content (AvgIpc) is 2.84. The van der Waals surface area contributed by atoms with Gasteiger partial charge in [0.15, 0.2) is 0 Å². The van der Waals surface area contributed by atoms with Gasteiger partial charge in [0, 0.05) is 48.9 Å². The molecule has 40 heavy (non-hydrogen) atoms. The highest BCUT2D eigenvalue weighted by molar-refractivity contribution is 7.87. The van der Waals surface area contributed by atoms with E-state index in [1.54, 1.807) is 29.3 Å². The number of halogens is 4. The van der Waals surface area contributed by atoms with Gasteiger partial charge < -0.3 is 13.8 Å². The SMILES string of the molecule is C=C(OS(=O)(=O)C(F)(F)F)c1cc(Cl)ccc1C(CCN1CCN(C(=O)OC(C)(C)C)CC1)c1ncccc1C. The van der Waals surface area contributed by atoms with Crippen molar-refractivity contribution in [3.8, 4) is 0 Å². The lowest BCUT2D eigenvalue weighted by atomic mass is 9.86. The minimum Gasteiger partial charge on any atom is -0.444 e. The van der Waals surface area contributed by atoms with Crippen molar-refractivity contribution in [2.24, 2.45) is 0 Å². The fourth-order valence-electron chi connectivity index (χ4n) is 4.39. The highest BCUT2D eigenvalue weighted by Crippen LogP contribution is 2.37. The van der Waals surface area contributed by atoms with Gasteiger partial charge >= 0.3 is 21.7 Å². The second-order valence-electron chi connectivity index (χ2n) is 10.5. The highest BCUT2D eigenvalue weighted by Gasteiger charge is 2.49. The second-order valence-corrected chi connectivity index (χ2v) is 12.5. The molecule has 1 aromatic carbocycles. The third-order valence-corrected chi connectivity index (χ3v) is 7.55. The van der Waals surface area contributed by atoms with Crippen molar-refractivity contribution < 1.29 is 35.3 Å². The van der Waals surface area contributed by atoms with Crippen LogP contribution in [0.5, 0.6) is 0 Å². The molecule has 1 unspecified atom stereocenters. The van der Waals surface area contributed by atoms with Crippen LogP contribution in [0, 0.1) is 6.92 Å². The van der Waals surface area contributed by atoms with Gasteiger partial charge in [-0.05, 0) is 70.0 Å². The number of benzene rings is 1. The molecule has 1 amide bonds. The van der Waals surface area contributed by atoms with Gasteiger partial charge in [-0.1, -0.05) is 30.3 Å². The van der Waals surface area contributed by atoms with Gasteiger partial charge in [0.05, 0.1) is 5.69 Å². The molecule has 2 aromatic rings. The third kappa shape index (κ3) is 8.11. The predicted octanol–water partition coefficient (Wildman–Crippen LogP) is 5.96. The number of ether oxygens (including phenoxy) is 1. The first-order valence-electron chi connectivity index (χ1n) is 12.6. The first-order valence-corrected chi connectivity index (χ1v) is 14.4. The number of aryl methyl sites for hydroxylation is 1. The molecule has 1 fully saturated rings. The Bertz CT molecular complexity index is 1340. The van der Waals surface area contributed by atoms with Crippen LogP contribution in [0.15, 0.2) is 43.1 Å². The zero-order valence-electron chi connectivity index (χ0n) is 22.8. The zero-order valence-corrected chi connectivity index (χ0v) is 24.4. The molecule has 1 aromatic heterocycles. The molecule has 0 bridgehead atoms. The van der Waals surface area contributed by atoms with Gasteiger partial charge in [-0.25, -0.2) is 4.79 Å². The molecule has 2 heterocycles. The first kappa shape index (κ1) is 31.7. The Labute approximate surface area is 237 Å². The van der Waals surface area contributed by atoms with Crippen LogP contribution in [0.4, 0.5) is 18.0 Å². The van der Waals surface area contributed by atoms with E-state index in [2.05, 4.69) is 20.6 Å². The Morgan fingerprint density at radius 3 is 2.38 bits per heavy atom. The number of rotatable bonds is 8. The van der Waals surface area contributed by atoms with Crippen LogP contribution in [0.1, 0.15) is 55.5 Å². The summed E-state index contributed by atoms with van der Waals surface area (Å²) in [6, 6.07) is 8.15. The van der Waals surface area contributed by atoms with Crippen molar-refractivity contribution in [2.75, 3.05) is 32.7 Å². The van der Waals surface area contributed by atoms with E-state index in [1.807, 2.05) is 33.8 Å². The van der Waals surface area contributed by atoms with Crippen molar-refractivity contribution >= 4 is 33.6 Å². The largest absolute Gasteiger partial charge is 0.534 e. The average molecular weight is 604 g/mol. The molecular weight excluding hydrogens is 571 g/mol. The fourth-order valence-corrected chi connectivity index (χ4v) is 5.01. The van der Waals surface area contributed by atoms with Gasteiger partial charge in [0.2, 0.25) is 0 Å². The van der Waals surface area contributed by atoms with Crippen LogP contribution in [0.3, 0.4) is 0 Å². The minimum absolute atomic E-state index is 0.0325. The minimum atomic E-state index is -5.94. The molecule has 0 radical (unpaired) electrons. The normalized spacial score (nSPS) is 15.9. The van der Waals surface area contributed by atoms with Crippen LogP contribution in [0.25, 0.3) is 5.76 Å². The Morgan fingerprint density at radius 1 is 1.15 bits per heavy atom. The molecule has 13 heteroatoms. The highest BCUT2D eigenvalue weighted by atomic mass is 35.5. The molecule has 8 nitrogen and oxygen atoms in total. The molecule has 0 aliphatic carbocycles. The number of carbonyl (C=O) groups excluding carboxylic acids is 1. The molecule has 220 valence electrons. The standard InChI is InChI=1S/C27H33ClF3N3O5S/c1-18-7-6-11-32-24(18)22(10-12-33-13-15-34(16-14-33)25(35)38-26(3,4)5)21-9-8-20(28)17-23(21)19(2)39-40(36,37)27(29,30)31/h6-9,11,17,22H,2,10,12-16H2,1,3-5H3. The van der Waals surface area contributed by atoms with Crippen LogP contribution in [-0.2, 0) is 19.0 Å². The summed E-state index contributed by atoms with van der Waals surface area (Å²) in [6.07, 6.45) is 1.73. The van der Waals surface area contributed by atoms with E-state index in [-0.39, 0.29) is 16.7 Å². The van der Waals surface area contributed by atoms with Crippen molar-refractivity contribution in [1.82, 2.24) is 14.8 Å². The lowest BCUT2D eigenvalue weighted by Gasteiger charge is -2.36. The van der Waals surface area contributed by atoms with E-state index in [1.165, 1.54) is 6.07 Å². The number of piperazine rings is 1. The molecule has 0 spiro atoms. The second kappa shape index (κ2) is 12.4. The van der Waals surface area contributed by atoms with Gasteiger partial charge in [0.25, 0.3) is 0 Å².